The number of pyridine rings is 1. The van der Waals surface area contributed by atoms with E-state index in [0.29, 0.717) is 17.7 Å². The Morgan fingerprint density at radius 1 is 1.00 bits per heavy atom. The fourth-order valence-corrected chi connectivity index (χ4v) is 3.14. The predicted octanol–water partition coefficient (Wildman–Crippen LogP) is 3.42. The number of hydrogen-bond acceptors (Lipinski definition) is 3. The summed E-state index contributed by atoms with van der Waals surface area (Å²) in [6, 6.07) is 18.0. The minimum Gasteiger partial charge on any atom is -0.321 e. The van der Waals surface area contributed by atoms with E-state index in [9.17, 15) is 14.9 Å². The molecule has 6 nitrogen and oxygen atoms in total. The molecule has 0 fully saturated rings. The van der Waals surface area contributed by atoms with Gasteiger partial charge in [-0.2, -0.15) is 0 Å². The van der Waals surface area contributed by atoms with Crippen LogP contribution in [-0.2, 0) is 11.3 Å². The molecule has 6 heteroatoms. The molecule has 2 heterocycles. The van der Waals surface area contributed by atoms with Crippen LogP contribution >= 0.6 is 0 Å². The third-order valence-corrected chi connectivity index (χ3v) is 4.48. The standard InChI is InChI=1S/C21H15N3O3/c25-21-18(17-6-2-3-7-19(17)22-21)13-15-9-11-23(12-10-15)14-16-5-1-4-8-20(16)24(26)27/h1-13H,14H2/p+1. The molecule has 0 spiro atoms. The van der Waals surface area contributed by atoms with Crippen LogP contribution in [0.15, 0.2) is 73.1 Å². The van der Waals surface area contributed by atoms with Crippen LogP contribution in [0.5, 0.6) is 0 Å². The van der Waals surface area contributed by atoms with Crippen LogP contribution in [0.4, 0.5) is 11.4 Å². The first-order valence-electron chi connectivity index (χ1n) is 8.46. The fraction of sp³-hybridized carbons (Fsp3) is 0.0476. The Balaban J connectivity index is 1.59. The van der Waals surface area contributed by atoms with Crippen molar-refractivity contribution in [1.29, 1.82) is 0 Å². The van der Waals surface area contributed by atoms with Gasteiger partial charge in [0, 0.05) is 35.0 Å². The highest BCUT2D eigenvalue weighted by Gasteiger charge is 2.23. The van der Waals surface area contributed by atoms with Crippen LogP contribution in [0.25, 0.3) is 11.6 Å². The van der Waals surface area contributed by atoms with E-state index < -0.39 is 0 Å². The highest BCUT2D eigenvalue weighted by atomic mass is 16.6. The number of hydrogen-bond donors (Lipinski definition) is 1. The lowest BCUT2D eigenvalue weighted by Crippen LogP contribution is -2.33. The van der Waals surface area contributed by atoms with Gasteiger partial charge in [0.2, 0.25) is 0 Å². The van der Waals surface area contributed by atoms with Crippen LogP contribution in [0, 0.1) is 10.1 Å². The molecule has 0 radical (unpaired) electrons. The van der Waals surface area contributed by atoms with Crippen molar-refractivity contribution in [2.75, 3.05) is 5.32 Å². The number of benzene rings is 2. The molecule has 2 aromatic carbocycles. The van der Waals surface area contributed by atoms with E-state index in [-0.39, 0.29) is 16.5 Å². The number of nitro groups is 1. The van der Waals surface area contributed by atoms with Crippen LogP contribution in [0.3, 0.4) is 0 Å². The molecule has 0 saturated carbocycles. The molecule has 0 bridgehead atoms. The number of amides is 1. The Hall–Kier alpha value is -3.80. The molecule has 0 unspecified atom stereocenters. The maximum Gasteiger partial charge on any atom is 0.278 e. The van der Waals surface area contributed by atoms with Gasteiger partial charge in [0.25, 0.3) is 11.6 Å². The Labute approximate surface area is 155 Å². The van der Waals surface area contributed by atoms with Gasteiger partial charge in [0.1, 0.15) is 0 Å². The monoisotopic (exact) mass is 358 g/mol. The molecule has 4 rings (SSSR count). The van der Waals surface area contributed by atoms with Gasteiger partial charge in [0.05, 0.1) is 10.5 Å². The van der Waals surface area contributed by atoms with Gasteiger partial charge in [-0.1, -0.05) is 30.3 Å². The van der Waals surface area contributed by atoms with Gasteiger partial charge in [-0.05, 0) is 23.8 Å². The van der Waals surface area contributed by atoms with E-state index in [1.165, 1.54) is 6.07 Å². The third-order valence-electron chi connectivity index (χ3n) is 4.48. The van der Waals surface area contributed by atoms with Crippen molar-refractivity contribution < 1.29 is 14.3 Å². The number of rotatable bonds is 4. The predicted molar refractivity (Wildman–Crippen MR) is 102 cm³/mol. The van der Waals surface area contributed by atoms with Gasteiger partial charge in [-0.3, -0.25) is 14.9 Å². The summed E-state index contributed by atoms with van der Waals surface area (Å²) in [5, 5.41) is 14.0. The van der Waals surface area contributed by atoms with Gasteiger partial charge < -0.3 is 5.32 Å². The molecule has 0 atom stereocenters. The van der Waals surface area contributed by atoms with Crippen LogP contribution in [0.1, 0.15) is 16.7 Å². The van der Waals surface area contributed by atoms with Crippen molar-refractivity contribution in [1.82, 2.24) is 0 Å². The smallest absolute Gasteiger partial charge is 0.278 e. The van der Waals surface area contributed by atoms with E-state index in [1.807, 2.05) is 59.4 Å². The lowest BCUT2D eigenvalue weighted by molar-refractivity contribution is -0.688. The van der Waals surface area contributed by atoms with Gasteiger partial charge in [-0.15, -0.1) is 0 Å². The molecule has 1 amide bonds. The summed E-state index contributed by atoms with van der Waals surface area (Å²) in [5.74, 6) is -0.118. The molecule has 3 aromatic rings. The van der Waals surface area contributed by atoms with E-state index in [2.05, 4.69) is 5.32 Å². The second-order valence-corrected chi connectivity index (χ2v) is 6.25. The molecule has 1 aliphatic rings. The topological polar surface area (TPSA) is 76.1 Å². The number of fused-ring (bicyclic) bond motifs is 1. The minimum absolute atomic E-state index is 0.107. The number of carbonyl (C=O) groups is 1. The second kappa shape index (κ2) is 6.84. The second-order valence-electron chi connectivity index (χ2n) is 6.25. The van der Waals surface area contributed by atoms with Crippen molar-refractivity contribution in [3.63, 3.8) is 0 Å². The number of anilines is 1. The summed E-state index contributed by atoms with van der Waals surface area (Å²) in [4.78, 5) is 23.0. The molecular weight excluding hydrogens is 342 g/mol. The number of aromatic nitrogens is 1. The number of nitrogens with zero attached hydrogens (tertiary/aromatic N) is 2. The Bertz CT molecular complexity index is 1070. The third kappa shape index (κ3) is 3.32. The molecule has 1 aromatic heterocycles. The molecule has 27 heavy (non-hydrogen) atoms. The maximum absolute atomic E-state index is 12.2. The molecular formula is C21H16N3O3+. The highest BCUT2D eigenvalue weighted by molar-refractivity contribution is 6.34. The van der Waals surface area contributed by atoms with Gasteiger partial charge in [-0.25, -0.2) is 4.57 Å². The van der Waals surface area contributed by atoms with Gasteiger partial charge >= 0.3 is 0 Å². The van der Waals surface area contributed by atoms with E-state index in [1.54, 1.807) is 18.2 Å². The summed E-state index contributed by atoms with van der Waals surface area (Å²) in [6.45, 7) is 0.400. The largest absolute Gasteiger partial charge is 0.321 e. The summed E-state index contributed by atoms with van der Waals surface area (Å²) in [5.41, 5.74) is 3.96. The van der Waals surface area contributed by atoms with Crippen molar-refractivity contribution in [3.8, 4) is 0 Å². The first kappa shape index (κ1) is 16.7. The summed E-state index contributed by atoms with van der Waals surface area (Å²) < 4.78 is 1.87. The van der Waals surface area contributed by atoms with Gasteiger partial charge in [0.15, 0.2) is 18.9 Å². The highest BCUT2D eigenvalue weighted by Crippen LogP contribution is 2.32. The molecule has 1 N–H and O–H groups in total. The normalized spacial score (nSPS) is 14.1. The molecule has 0 saturated heterocycles. The number of carbonyl (C=O) groups excluding carboxylic acids is 1. The summed E-state index contributed by atoms with van der Waals surface area (Å²) in [6.07, 6.45) is 5.54. The quantitative estimate of drug-likeness (QED) is 0.336. The minimum atomic E-state index is -0.370. The Morgan fingerprint density at radius 3 is 2.48 bits per heavy atom. The zero-order valence-electron chi connectivity index (χ0n) is 14.3. The number of nitrogens with one attached hydrogen (secondary N) is 1. The zero-order valence-corrected chi connectivity index (χ0v) is 14.3. The number of nitro benzene ring substituents is 1. The molecule has 0 aliphatic carbocycles. The molecule has 132 valence electrons. The van der Waals surface area contributed by atoms with E-state index in [0.717, 1.165) is 16.8 Å². The van der Waals surface area contributed by atoms with Crippen molar-refractivity contribution in [2.45, 2.75) is 6.54 Å². The molecule has 1 aliphatic heterocycles. The average Bonchev–Trinajstić information content (AvgIpc) is 2.99. The number of para-hydroxylation sites is 2. The van der Waals surface area contributed by atoms with E-state index >= 15 is 0 Å². The van der Waals surface area contributed by atoms with Crippen LogP contribution in [0.2, 0.25) is 0 Å². The summed E-state index contributed by atoms with van der Waals surface area (Å²) in [7, 11) is 0. The lowest BCUT2D eigenvalue weighted by Gasteiger charge is -2.01. The lowest BCUT2D eigenvalue weighted by atomic mass is 10.0. The van der Waals surface area contributed by atoms with Crippen LogP contribution in [-0.4, -0.2) is 10.8 Å². The fourth-order valence-electron chi connectivity index (χ4n) is 3.14. The first-order chi connectivity index (χ1) is 13.1. The van der Waals surface area contributed by atoms with Crippen LogP contribution < -0.4 is 9.88 Å². The van der Waals surface area contributed by atoms with E-state index in [4.69, 9.17) is 0 Å². The van der Waals surface area contributed by atoms with Crippen molar-refractivity contribution in [2.24, 2.45) is 0 Å². The Morgan fingerprint density at radius 2 is 1.70 bits per heavy atom. The maximum atomic E-state index is 12.2. The Kier molecular flexibility index (Phi) is 4.22. The average molecular weight is 358 g/mol. The summed E-state index contributed by atoms with van der Waals surface area (Å²) >= 11 is 0. The van der Waals surface area contributed by atoms with Crippen molar-refractivity contribution in [3.05, 3.63) is 99.9 Å². The first-order valence-corrected chi connectivity index (χ1v) is 8.46. The van der Waals surface area contributed by atoms with Crippen molar-refractivity contribution >= 4 is 28.9 Å². The SMILES string of the molecule is O=C1Nc2ccccc2/C1=C\c1cc[n+](Cc2ccccc2[N+](=O)[O-])cc1. The zero-order chi connectivity index (χ0) is 18.8.